The number of anilines is 1. The number of hydrogen-bond donors (Lipinski definition) is 2. The Balaban J connectivity index is 1.51. The fourth-order valence-corrected chi connectivity index (χ4v) is 3.01. The number of carbonyl (C=O) groups excluding carboxylic acids is 1. The summed E-state index contributed by atoms with van der Waals surface area (Å²) < 4.78 is 6.48. The predicted octanol–water partition coefficient (Wildman–Crippen LogP) is 0.949. The molecule has 1 aromatic carbocycles. The molecule has 0 fully saturated rings. The van der Waals surface area contributed by atoms with E-state index in [0.29, 0.717) is 27.7 Å². The molecule has 0 aliphatic heterocycles. The second-order valence-corrected chi connectivity index (χ2v) is 6.07. The van der Waals surface area contributed by atoms with Crippen LogP contribution in [0.15, 0.2) is 32.8 Å². The van der Waals surface area contributed by atoms with Crippen molar-refractivity contribution in [3.63, 3.8) is 0 Å². The minimum Gasteiger partial charge on any atom is -0.408 e. The Morgan fingerprint density at radius 2 is 2.32 bits per heavy atom. The number of thiazole rings is 1. The highest BCUT2D eigenvalue weighted by Gasteiger charge is 2.13. The second kappa shape index (κ2) is 5.94. The number of nitrogens with one attached hydrogen (secondary N) is 2. The summed E-state index contributed by atoms with van der Waals surface area (Å²) in [6, 6.07) is 5.28. The van der Waals surface area contributed by atoms with Gasteiger partial charge in [-0.3, -0.25) is 9.78 Å². The number of aromatic amines is 1. The number of amides is 1. The lowest BCUT2D eigenvalue weighted by atomic mass is 10.1. The number of tetrazole rings is 1. The van der Waals surface area contributed by atoms with Gasteiger partial charge in [0.15, 0.2) is 16.5 Å². The second-order valence-electron chi connectivity index (χ2n) is 5.21. The van der Waals surface area contributed by atoms with Gasteiger partial charge in [0.05, 0.1) is 17.6 Å². The van der Waals surface area contributed by atoms with Gasteiger partial charge in [-0.25, -0.2) is 14.5 Å². The van der Waals surface area contributed by atoms with Gasteiger partial charge in [0.25, 0.3) is 0 Å². The molecule has 25 heavy (non-hydrogen) atoms. The first-order valence-corrected chi connectivity index (χ1v) is 8.06. The molecule has 3 aromatic heterocycles. The summed E-state index contributed by atoms with van der Waals surface area (Å²) in [5, 5.41) is 15.9. The maximum atomic E-state index is 12.0. The Hall–Kier alpha value is -3.34. The zero-order chi connectivity index (χ0) is 17.4. The van der Waals surface area contributed by atoms with E-state index in [1.54, 1.807) is 19.2 Å². The number of fused-ring (bicyclic) bond motifs is 1. The molecule has 126 valence electrons. The van der Waals surface area contributed by atoms with Crippen molar-refractivity contribution in [1.82, 2.24) is 30.2 Å². The molecule has 0 bridgehead atoms. The van der Waals surface area contributed by atoms with Gasteiger partial charge in [0.2, 0.25) is 5.91 Å². The van der Waals surface area contributed by atoms with Crippen LogP contribution in [0.5, 0.6) is 0 Å². The van der Waals surface area contributed by atoms with E-state index in [1.165, 1.54) is 16.0 Å². The number of oxazole rings is 1. The summed E-state index contributed by atoms with van der Waals surface area (Å²) in [7, 11) is 1.67. The number of nitrogens with zero attached hydrogens (tertiary/aromatic N) is 5. The van der Waals surface area contributed by atoms with Gasteiger partial charge in [0.1, 0.15) is 0 Å². The highest BCUT2D eigenvalue weighted by Crippen LogP contribution is 2.27. The molecule has 1 amide bonds. The lowest BCUT2D eigenvalue weighted by molar-refractivity contribution is -0.115. The third kappa shape index (κ3) is 3.04. The van der Waals surface area contributed by atoms with Crippen LogP contribution < -0.4 is 11.1 Å². The highest BCUT2D eigenvalue weighted by molar-refractivity contribution is 7.14. The molecule has 0 unspecified atom stereocenters. The average molecular weight is 357 g/mol. The van der Waals surface area contributed by atoms with Crippen LogP contribution in [-0.2, 0) is 18.3 Å². The Morgan fingerprint density at radius 3 is 3.12 bits per heavy atom. The smallest absolute Gasteiger partial charge is 0.408 e. The molecule has 4 aromatic rings. The van der Waals surface area contributed by atoms with Crippen LogP contribution in [0.2, 0.25) is 0 Å². The van der Waals surface area contributed by atoms with Crippen LogP contribution in [0, 0.1) is 0 Å². The van der Waals surface area contributed by atoms with Gasteiger partial charge in [-0.1, -0.05) is 6.07 Å². The fraction of sp³-hybridized carbons (Fsp3) is 0.143. The summed E-state index contributed by atoms with van der Waals surface area (Å²) >= 11 is 1.30. The third-order valence-electron chi connectivity index (χ3n) is 3.49. The van der Waals surface area contributed by atoms with Crippen LogP contribution in [0.3, 0.4) is 0 Å². The van der Waals surface area contributed by atoms with Gasteiger partial charge in [-0.05, 0) is 22.6 Å². The molecule has 0 radical (unpaired) electrons. The molecule has 0 spiro atoms. The lowest BCUT2D eigenvalue weighted by Gasteiger charge is -2.00. The fourth-order valence-electron chi connectivity index (χ4n) is 2.27. The molecule has 0 saturated heterocycles. The first-order valence-electron chi connectivity index (χ1n) is 7.18. The largest absolute Gasteiger partial charge is 0.417 e. The quantitative estimate of drug-likeness (QED) is 0.556. The summed E-state index contributed by atoms with van der Waals surface area (Å²) in [5.41, 5.74) is 2.53. The lowest BCUT2D eigenvalue weighted by Crippen LogP contribution is -2.17. The minimum atomic E-state index is -0.503. The van der Waals surface area contributed by atoms with Crippen molar-refractivity contribution in [2.45, 2.75) is 6.42 Å². The van der Waals surface area contributed by atoms with Crippen molar-refractivity contribution >= 4 is 33.5 Å². The van der Waals surface area contributed by atoms with Gasteiger partial charge in [0, 0.05) is 18.0 Å². The number of aromatic nitrogens is 6. The van der Waals surface area contributed by atoms with Gasteiger partial charge >= 0.3 is 5.76 Å². The molecular weight excluding hydrogens is 346 g/mol. The molecular formula is C14H11N7O3S. The molecule has 0 atom stereocenters. The SMILES string of the molecule is Cn1nnnc1CC(=O)Nc1nc(-c2ccc3[nH]c(=O)oc3c2)cs1. The molecule has 4 rings (SSSR count). The van der Waals surface area contributed by atoms with Crippen molar-refractivity contribution in [2.75, 3.05) is 5.32 Å². The Labute approximate surface area is 143 Å². The summed E-state index contributed by atoms with van der Waals surface area (Å²) in [6.45, 7) is 0. The van der Waals surface area contributed by atoms with Crippen molar-refractivity contribution in [3.8, 4) is 11.3 Å². The number of hydrogen-bond acceptors (Lipinski definition) is 8. The maximum absolute atomic E-state index is 12.0. The van der Waals surface area contributed by atoms with Gasteiger partial charge < -0.3 is 9.73 Å². The summed E-state index contributed by atoms with van der Waals surface area (Å²) in [6.07, 6.45) is 0.0544. The topological polar surface area (TPSA) is 132 Å². The Bertz CT molecular complexity index is 1120. The van der Waals surface area contributed by atoms with Crippen molar-refractivity contribution in [1.29, 1.82) is 0 Å². The molecule has 10 nitrogen and oxygen atoms in total. The number of aryl methyl sites for hydroxylation is 1. The highest BCUT2D eigenvalue weighted by atomic mass is 32.1. The summed E-state index contributed by atoms with van der Waals surface area (Å²) in [4.78, 5) is 30.2. The molecule has 0 aliphatic rings. The first kappa shape index (κ1) is 15.2. The van der Waals surface area contributed by atoms with E-state index in [4.69, 9.17) is 4.42 Å². The standard InChI is InChI=1S/C14H11N7O3S/c1-21-11(18-19-20-21)5-12(22)17-13-15-9(6-25-13)7-2-3-8-10(4-7)24-14(23)16-8/h2-4,6H,5H2,1H3,(H,16,23)(H,15,17,22). The monoisotopic (exact) mass is 357 g/mol. The number of carbonyl (C=O) groups is 1. The molecule has 2 N–H and O–H groups in total. The third-order valence-corrected chi connectivity index (χ3v) is 4.25. The van der Waals surface area contributed by atoms with E-state index < -0.39 is 5.76 Å². The predicted molar refractivity (Wildman–Crippen MR) is 89.1 cm³/mol. The average Bonchev–Trinajstić information content (AvgIpc) is 3.27. The van der Waals surface area contributed by atoms with E-state index >= 15 is 0 Å². The van der Waals surface area contributed by atoms with Crippen LogP contribution in [0.25, 0.3) is 22.4 Å². The normalized spacial score (nSPS) is 11.1. The van der Waals surface area contributed by atoms with Crippen LogP contribution in [0.4, 0.5) is 5.13 Å². The van der Waals surface area contributed by atoms with Gasteiger partial charge in [-0.2, -0.15) is 0 Å². The molecule has 0 saturated carbocycles. The zero-order valence-electron chi connectivity index (χ0n) is 12.9. The molecule has 3 heterocycles. The maximum Gasteiger partial charge on any atom is 0.417 e. The summed E-state index contributed by atoms with van der Waals surface area (Å²) in [5.74, 6) is -0.301. The minimum absolute atomic E-state index is 0.0544. The zero-order valence-corrected chi connectivity index (χ0v) is 13.7. The number of benzene rings is 1. The van der Waals surface area contributed by atoms with E-state index in [-0.39, 0.29) is 12.3 Å². The van der Waals surface area contributed by atoms with Crippen molar-refractivity contribution in [3.05, 3.63) is 40.0 Å². The van der Waals surface area contributed by atoms with Gasteiger partial charge in [-0.15, -0.1) is 16.4 Å². The van der Waals surface area contributed by atoms with Crippen LogP contribution >= 0.6 is 11.3 Å². The van der Waals surface area contributed by atoms with E-state index in [9.17, 15) is 9.59 Å². The number of H-pyrrole nitrogens is 1. The molecule has 0 aliphatic carbocycles. The van der Waals surface area contributed by atoms with E-state index in [2.05, 4.69) is 30.8 Å². The number of rotatable bonds is 4. The Kier molecular flexibility index (Phi) is 3.61. The molecule has 11 heteroatoms. The van der Waals surface area contributed by atoms with Crippen molar-refractivity contribution in [2.24, 2.45) is 7.05 Å². The van der Waals surface area contributed by atoms with Crippen LogP contribution in [-0.4, -0.2) is 36.1 Å². The first-order chi connectivity index (χ1) is 12.1. The van der Waals surface area contributed by atoms with Crippen LogP contribution in [0.1, 0.15) is 5.82 Å². The van der Waals surface area contributed by atoms with Crippen molar-refractivity contribution < 1.29 is 9.21 Å². The van der Waals surface area contributed by atoms with E-state index in [0.717, 1.165) is 5.56 Å². The van der Waals surface area contributed by atoms with E-state index in [1.807, 2.05) is 11.4 Å². The Morgan fingerprint density at radius 1 is 1.44 bits per heavy atom.